The molecule has 0 aliphatic carbocycles. The van der Waals surface area contributed by atoms with E-state index in [1.54, 1.807) is 58.3 Å². The molecule has 14 nitrogen and oxygen atoms in total. The monoisotopic (exact) mass is 846 g/mol. The summed E-state index contributed by atoms with van der Waals surface area (Å²) >= 11 is 6.78. The maximum atomic E-state index is 14.2. The van der Waals surface area contributed by atoms with E-state index in [1.807, 2.05) is 31.2 Å². The van der Waals surface area contributed by atoms with Crippen LogP contribution in [0.3, 0.4) is 0 Å². The van der Waals surface area contributed by atoms with Crippen LogP contribution in [0.1, 0.15) is 52.5 Å². The Kier molecular flexibility index (Phi) is 14.7. The average Bonchev–Trinajstić information content (AvgIpc) is 3.88. The van der Waals surface area contributed by atoms with Crippen LogP contribution in [0.25, 0.3) is 0 Å². The van der Waals surface area contributed by atoms with Crippen LogP contribution in [0.5, 0.6) is 5.75 Å². The van der Waals surface area contributed by atoms with Crippen molar-refractivity contribution in [2.24, 2.45) is 5.92 Å². The molecule has 310 valence electrons. The normalized spacial score (nSPS) is 28.8. The Hall–Kier alpha value is -3.80. The van der Waals surface area contributed by atoms with E-state index in [0.717, 1.165) is 16.2 Å². The van der Waals surface area contributed by atoms with Crippen LogP contribution in [-0.2, 0) is 39.8 Å². The van der Waals surface area contributed by atoms with Crippen molar-refractivity contribution in [2.75, 3.05) is 39.0 Å². The third-order valence-electron chi connectivity index (χ3n) is 10.7. The SMILES string of the molecule is COc1cc2cc(c1Cl)N(C)C(=O)C[C@H](OC(=O)[C@H](C)N(C)C(=O)CCSSc1ccccn1)[C@]1(C)O[C@H]1[C@H](C)[C@@H]1C[C@@](O)(NC(=O)O1)[C@H](OC)/C=C/C=C(C)C2. The quantitative estimate of drug-likeness (QED) is 0.129. The molecule has 0 radical (unpaired) electrons. The fourth-order valence-electron chi connectivity index (χ4n) is 7.02. The lowest BCUT2D eigenvalue weighted by Gasteiger charge is -2.42. The smallest absolute Gasteiger partial charge is 0.409 e. The number of aromatic nitrogens is 1. The number of ether oxygens (including phenoxy) is 5. The summed E-state index contributed by atoms with van der Waals surface area (Å²) in [6.07, 6.45) is 2.76. The van der Waals surface area contributed by atoms with E-state index in [1.165, 1.54) is 52.7 Å². The second-order valence-corrected chi connectivity index (χ2v) is 17.5. The topological polar surface area (TPSA) is 169 Å². The lowest BCUT2D eigenvalue weighted by atomic mass is 9.83. The van der Waals surface area contributed by atoms with Gasteiger partial charge in [0, 0.05) is 51.9 Å². The second-order valence-electron chi connectivity index (χ2n) is 14.7. The van der Waals surface area contributed by atoms with Crippen molar-refractivity contribution in [1.29, 1.82) is 0 Å². The van der Waals surface area contributed by atoms with Crippen LogP contribution in [0.2, 0.25) is 5.02 Å². The maximum Gasteiger partial charge on any atom is 0.409 e. The molecule has 0 saturated carbocycles. The van der Waals surface area contributed by atoms with E-state index in [9.17, 15) is 24.3 Å². The van der Waals surface area contributed by atoms with Crippen molar-refractivity contribution in [3.8, 4) is 5.75 Å². The third-order valence-corrected chi connectivity index (χ3v) is 13.4. The molecule has 4 heterocycles. The van der Waals surface area contributed by atoms with Gasteiger partial charge in [0.15, 0.2) is 5.72 Å². The lowest BCUT2D eigenvalue weighted by molar-refractivity contribution is -0.162. The van der Waals surface area contributed by atoms with Crippen LogP contribution >= 0.6 is 33.2 Å². The van der Waals surface area contributed by atoms with E-state index in [0.29, 0.717) is 23.6 Å². The number of halogens is 1. The van der Waals surface area contributed by atoms with Gasteiger partial charge in [-0.05, 0) is 67.8 Å². The third kappa shape index (κ3) is 10.4. The van der Waals surface area contributed by atoms with Crippen molar-refractivity contribution in [2.45, 2.75) is 100 Å². The largest absolute Gasteiger partial charge is 0.495 e. The zero-order valence-electron chi connectivity index (χ0n) is 33.4. The van der Waals surface area contributed by atoms with E-state index in [4.69, 9.17) is 35.3 Å². The maximum absolute atomic E-state index is 14.2. The number of hydrogen-bond acceptors (Lipinski definition) is 13. The number of amides is 3. The molecule has 2 aromatic rings. The molecule has 17 heteroatoms. The number of likely N-dealkylation sites (N-methyl/N-ethyl adjacent to an activating group) is 1. The lowest BCUT2D eigenvalue weighted by Crippen LogP contribution is -2.63. The number of hydrogen-bond donors (Lipinski definition) is 2. The van der Waals surface area contributed by atoms with Gasteiger partial charge in [0.25, 0.3) is 0 Å². The minimum atomic E-state index is -1.83. The van der Waals surface area contributed by atoms with Gasteiger partial charge >= 0.3 is 12.1 Å². The Morgan fingerprint density at radius 2 is 2.00 bits per heavy atom. The highest BCUT2D eigenvalue weighted by Gasteiger charge is 2.64. The molecule has 8 atom stereocenters. The molecule has 2 N–H and O–H groups in total. The first kappa shape index (κ1) is 44.3. The van der Waals surface area contributed by atoms with Crippen LogP contribution in [0, 0.1) is 5.92 Å². The number of carbonyl (C=O) groups is 4. The molecule has 2 fully saturated rings. The van der Waals surface area contributed by atoms with Gasteiger partial charge in [0.2, 0.25) is 11.8 Å². The number of anilines is 1. The number of nitrogens with one attached hydrogen (secondary N) is 1. The highest BCUT2D eigenvalue weighted by molar-refractivity contribution is 8.76. The predicted molar refractivity (Wildman–Crippen MR) is 218 cm³/mol. The van der Waals surface area contributed by atoms with Crippen molar-refractivity contribution in [3.63, 3.8) is 0 Å². The summed E-state index contributed by atoms with van der Waals surface area (Å²) in [6.45, 7) is 7.01. The van der Waals surface area contributed by atoms with Gasteiger partial charge in [0.1, 0.15) is 45.8 Å². The number of allylic oxidation sites excluding steroid dienone is 3. The zero-order chi connectivity index (χ0) is 41.7. The molecule has 0 spiro atoms. The number of epoxide rings is 1. The standard InChI is InChI=1S/C40H51ClN4O10S2/c1-23-12-11-13-30(52-8)40(50)22-29(53-38(49)43-40)24(2)36-39(4,55-36)31(21-34(47)45(6)27-19-26(18-23)20-28(51-7)35(27)41)54-37(48)25(3)44(5)33(46)15-17-56-57-32-14-9-10-16-42-32/h9-14,16,19-20,24-25,29-31,36,50H,15,17-18,21-22H2,1-8H3,(H,43,49)/b13-11+,23-12?/t24-,25+,29+,30-,31+,36+,39+,40+/m1/s1. The van der Waals surface area contributed by atoms with Gasteiger partial charge in [-0.25, -0.2) is 14.6 Å². The molecular formula is C40H51ClN4O10S2. The Balaban J connectivity index is 1.43. The summed E-state index contributed by atoms with van der Waals surface area (Å²) in [5, 5.41) is 15.3. The Morgan fingerprint density at radius 3 is 2.68 bits per heavy atom. The minimum Gasteiger partial charge on any atom is -0.495 e. The number of alkyl carbamates (subject to hydrolysis) is 1. The first-order valence-electron chi connectivity index (χ1n) is 18.6. The van der Waals surface area contributed by atoms with Crippen LogP contribution in [-0.4, -0.2) is 115 Å². The second kappa shape index (κ2) is 18.9. The van der Waals surface area contributed by atoms with E-state index < -0.39 is 65.7 Å². The molecule has 3 aliphatic heterocycles. The first-order valence-corrected chi connectivity index (χ1v) is 21.3. The summed E-state index contributed by atoms with van der Waals surface area (Å²) in [5.41, 5.74) is -0.941. The number of esters is 1. The molecular weight excluding hydrogens is 796 g/mol. The van der Waals surface area contributed by atoms with Gasteiger partial charge in [-0.15, -0.1) is 0 Å². The van der Waals surface area contributed by atoms with Crippen molar-refractivity contribution in [1.82, 2.24) is 15.2 Å². The Bertz CT molecular complexity index is 1870. The number of aliphatic hydroxyl groups is 1. The van der Waals surface area contributed by atoms with Crippen molar-refractivity contribution >= 4 is 62.8 Å². The first-order chi connectivity index (χ1) is 27.0. The van der Waals surface area contributed by atoms with Crippen LogP contribution < -0.4 is 15.0 Å². The summed E-state index contributed by atoms with van der Waals surface area (Å²) in [5.74, 6) is -1.11. The van der Waals surface area contributed by atoms with Gasteiger partial charge in [0.05, 0.1) is 25.3 Å². The number of nitrogens with zero attached hydrogens (tertiary/aromatic N) is 3. The van der Waals surface area contributed by atoms with Gasteiger partial charge in [-0.1, -0.05) is 59.2 Å². The minimum absolute atomic E-state index is 0.0553. The molecule has 3 aliphatic rings. The zero-order valence-corrected chi connectivity index (χ0v) is 35.7. The number of pyridine rings is 1. The van der Waals surface area contributed by atoms with Gasteiger partial charge < -0.3 is 38.6 Å². The fourth-order valence-corrected chi connectivity index (χ4v) is 9.19. The van der Waals surface area contributed by atoms with E-state index >= 15 is 0 Å². The van der Waals surface area contributed by atoms with Crippen molar-refractivity contribution < 1.29 is 48.0 Å². The number of carbonyl (C=O) groups excluding carboxylic acids is 4. The summed E-state index contributed by atoms with van der Waals surface area (Å²) in [4.78, 5) is 61.1. The van der Waals surface area contributed by atoms with Crippen LogP contribution in [0.15, 0.2) is 65.4 Å². The number of methoxy groups -OCH3 is 2. The molecule has 3 amide bonds. The highest BCUT2D eigenvalue weighted by atomic mass is 35.5. The van der Waals surface area contributed by atoms with E-state index in [2.05, 4.69) is 10.3 Å². The summed E-state index contributed by atoms with van der Waals surface area (Å²) < 4.78 is 29.3. The Labute approximate surface area is 346 Å². The number of fused-ring (bicyclic) bond motifs is 5. The number of rotatable bonds is 10. The summed E-state index contributed by atoms with van der Waals surface area (Å²) in [7, 11) is 8.97. The predicted octanol–water partition coefficient (Wildman–Crippen LogP) is 5.74. The Morgan fingerprint density at radius 1 is 1.25 bits per heavy atom. The van der Waals surface area contributed by atoms with E-state index in [-0.39, 0.29) is 30.2 Å². The fraction of sp³-hybridized carbons (Fsp3) is 0.525. The molecule has 5 rings (SSSR count). The van der Waals surface area contributed by atoms with Gasteiger partial charge in [-0.2, -0.15) is 0 Å². The summed E-state index contributed by atoms with van der Waals surface area (Å²) in [6, 6.07) is 8.19. The van der Waals surface area contributed by atoms with Crippen molar-refractivity contribution in [3.05, 3.63) is 70.9 Å². The molecule has 1 aromatic heterocycles. The van der Waals surface area contributed by atoms with Gasteiger partial charge in [-0.3, -0.25) is 14.9 Å². The molecule has 4 bridgehead atoms. The number of benzene rings is 1. The van der Waals surface area contributed by atoms with Crippen LogP contribution in [0.4, 0.5) is 10.5 Å². The molecule has 2 saturated heterocycles. The molecule has 0 unspecified atom stereocenters. The highest BCUT2D eigenvalue weighted by Crippen LogP contribution is 2.49. The average molecular weight is 847 g/mol. The molecule has 57 heavy (non-hydrogen) atoms. The molecule has 1 aromatic carbocycles.